The van der Waals surface area contributed by atoms with E-state index in [1.165, 1.54) is 16.8 Å². The van der Waals surface area contributed by atoms with E-state index in [-0.39, 0.29) is 16.3 Å². The van der Waals surface area contributed by atoms with Gasteiger partial charge in [0.25, 0.3) is 15.6 Å². The van der Waals surface area contributed by atoms with Crippen molar-refractivity contribution in [1.82, 2.24) is 19.7 Å². The number of benzene rings is 2. The highest BCUT2D eigenvalue weighted by Gasteiger charge is 2.21. The highest BCUT2D eigenvalue weighted by molar-refractivity contribution is 7.92. The van der Waals surface area contributed by atoms with Crippen LogP contribution in [0.25, 0.3) is 22.4 Å². The van der Waals surface area contributed by atoms with Crippen molar-refractivity contribution in [1.29, 1.82) is 0 Å². The van der Waals surface area contributed by atoms with E-state index in [4.69, 9.17) is 4.74 Å². The molecule has 2 aromatic carbocycles. The molecule has 0 aliphatic rings. The number of para-hydroxylation sites is 1. The van der Waals surface area contributed by atoms with Gasteiger partial charge in [-0.2, -0.15) is 5.10 Å². The van der Waals surface area contributed by atoms with Crippen LogP contribution in [0.5, 0.6) is 5.75 Å². The second-order valence-corrected chi connectivity index (χ2v) is 9.18. The number of aromatic nitrogens is 4. The Morgan fingerprint density at radius 1 is 1.12 bits per heavy atom. The summed E-state index contributed by atoms with van der Waals surface area (Å²) in [6.45, 7) is 4.21. The van der Waals surface area contributed by atoms with Gasteiger partial charge in [-0.25, -0.2) is 13.4 Å². The number of rotatable bonds is 8. The van der Waals surface area contributed by atoms with E-state index in [1.807, 2.05) is 13.8 Å². The number of sulfonamides is 1. The summed E-state index contributed by atoms with van der Waals surface area (Å²) in [5.74, 6) is 0.637. The van der Waals surface area contributed by atoms with Crippen molar-refractivity contribution in [3.05, 3.63) is 64.6 Å². The van der Waals surface area contributed by atoms with Crippen LogP contribution >= 0.6 is 0 Å². The number of ether oxygens (including phenoxy) is 1. The second kappa shape index (κ2) is 9.07. The molecule has 0 saturated carbocycles. The molecule has 0 bridgehead atoms. The summed E-state index contributed by atoms with van der Waals surface area (Å²) in [7, 11) is -2.18. The van der Waals surface area contributed by atoms with E-state index in [9.17, 15) is 13.2 Å². The van der Waals surface area contributed by atoms with Crippen LogP contribution in [0.1, 0.15) is 26.0 Å². The summed E-state index contributed by atoms with van der Waals surface area (Å²) < 4.78 is 35.8. The van der Waals surface area contributed by atoms with Crippen LogP contribution in [0.15, 0.2) is 58.2 Å². The second-order valence-electron chi connectivity index (χ2n) is 7.49. The molecule has 9 nitrogen and oxygen atoms in total. The third-order valence-electron chi connectivity index (χ3n) is 5.09. The van der Waals surface area contributed by atoms with E-state index < -0.39 is 10.0 Å². The Hall–Kier alpha value is -3.66. The molecule has 2 N–H and O–H groups in total. The summed E-state index contributed by atoms with van der Waals surface area (Å²) in [6, 6.07) is 13.1. The molecular weight excluding hydrogens is 442 g/mol. The van der Waals surface area contributed by atoms with Crippen molar-refractivity contribution >= 4 is 26.7 Å². The maximum Gasteiger partial charge on any atom is 0.277 e. The van der Waals surface area contributed by atoms with Crippen LogP contribution in [-0.2, 0) is 23.5 Å². The number of aryl methyl sites for hydroxylation is 2. The number of H-pyrrole nitrogens is 1. The van der Waals surface area contributed by atoms with Crippen LogP contribution < -0.4 is 15.0 Å². The van der Waals surface area contributed by atoms with Gasteiger partial charge in [0.2, 0.25) is 0 Å². The largest absolute Gasteiger partial charge is 0.493 e. The molecule has 10 heteroatoms. The van der Waals surface area contributed by atoms with E-state index >= 15 is 0 Å². The van der Waals surface area contributed by atoms with Crippen molar-refractivity contribution in [3.63, 3.8) is 0 Å². The number of nitrogens with one attached hydrogen (secondary N) is 2. The van der Waals surface area contributed by atoms with E-state index in [0.29, 0.717) is 41.1 Å². The fourth-order valence-corrected chi connectivity index (χ4v) is 4.73. The first-order valence-corrected chi connectivity index (χ1v) is 12.1. The van der Waals surface area contributed by atoms with Gasteiger partial charge in [-0.3, -0.25) is 14.2 Å². The molecule has 0 radical (unpaired) electrons. The summed E-state index contributed by atoms with van der Waals surface area (Å²) >= 11 is 0. The first-order valence-electron chi connectivity index (χ1n) is 10.6. The van der Waals surface area contributed by atoms with E-state index in [0.717, 1.165) is 12.1 Å². The normalized spacial score (nSPS) is 11.6. The standard InChI is InChI=1S/C23H25N5O4S/c1-4-9-18-20-21(28(3)26-18)23(29)25-22(24-20)17-14-16(12-13-19(17)32-5-2)33(30,31)27-15-10-7-6-8-11-15/h6-8,10-14,27H,4-5,9H2,1-3H3,(H,24,25,29). The molecule has 0 amide bonds. The van der Waals surface area contributed by atoms with Crippen LogP contribution in [0.2, 0.25) is 0 Å². The molecule has 0 atom stereocenters. The van der Waals surface area contributed by atoms with Crippen LogP contribution in [0, 0.1) is 0 Å². The summed E-state index contributed by atoms with van der Waals surface area (Å²) in [4.78, 5) is 20.3. The molecule has 0 aliphatic carbocycles. The number of anilines is 1. The first-order chi connectivity index (χ1) is 15.8. The lowest BCUT2D eigenvalue weighted by molar-refractivity contribution is 0.341. The Morgan fingerprint density at radius 3 is 2.58 bits per heavy atom. The van der Waals surface area contributed by atoms with Crippen LogP contribution in [-0.4, -0.2) is 34.8 Å². The average molecular weight is 468 g/mol. The molecule has 172 valence electrons. The van der Waals surface area contributed by atoms with Gasteiger partial charge in [0.1, 0.15) is 17.1 Å². The molecule has 0 unspecified atom stereocenters. The molecule has 0 fully saturated rings. The summed E-state index contributed by atoms with van der Waals surface area (Å²) in [5.41, 5.74) is 2.05. The first kappa shape index (κ1) is 22.5. The molecule has 2 heterocycles. The Morgan fingerprint density at radius 2 is 1.88 bits per heavy atom. The number of hydrogen-bond donors (Lipinski definition) is 2. The molecular formula is C23H25N5O4S. The van der Waals surface area contributed by atoms with Gasteiger partial charge < -0.3 is 9.72 Å². The maximum absolute atomic E-state index is 13.0. The molecule has 4 aromatic rings. The minimum Gasteiger partial charge on any atom is -0.493 e. The molecule has 4 rings (SSSR count). The van der Waals surface area contributed by atoms with E-state index in [2.05, 4.69) is 19.8 Å². The highest BCUT2D eigenvalue weighted by Crippen LogP contribution is 2.31. The van der Waals surface area contributed by atoms with Gasteiger partial charge >= 0.3 is 0 Å². The van der Waals surface area contributed by atoms with Gasteiger partial charge in [-0.1, -0.05) is 31.5 Å². The molecule has 0 spiro atoms. The third kappa shape index (κ3) is 4.47. The van der Waals surface area contributed by atoms with Crippen LogP contribution in [0.3, 0.4) is 0 Å². The Labute approximate surface area is 191 Å². The molecule has 0 aliphatic heterocycles. The van der Waals surface area contributed by atoms with Gasteiger partial charge in [-0.15, -0.1) is 0 Å². The van der Waals surface area contributed by atoms with Gasteiger partial charge in [0.15, 0.2) is 5.52 Å². The van der Waals surface area contributed by atoms with E-state index in [1.54, 1.807) is 43.4 Å². The zero-order chi connectivity index (χ0) is 23.6. The highest BCUT2D eigenvalue weighted by atomic mass is 32.2. The Kier molecular flexibility index (Phi) is 6.19. The predicted octanol–water partition coefficient (Wildman–Crippen LogP) is 3.48. The lowest BCUT2D eigenvalue weighted by Crippen LogP contribution is -2.15. The smallest absolute Gasteiger partial charge is 0.277 e. The van der Waals surface area contributed by atoms with Crippen molar-refractivity contribution < 1.29 is 13.2 Å². The Balaban J connectivity index is 1.87. The minimum atomic E-state index is -3.88. The number of nitrogens with zero attached hydrogens (tertiary/aromatic N) is 3. The number of aromatic amines is 1. The Bertz CT molecular complexity index is 1460. The lowest BCUT2D eigenvalue weighted by atomic mass is 10.1. The molecule has 0 saturated heterocycles. The van der Waals surface area contributed by atoms with Crippen molar-refractivity contribution in [2.75, 3.05) is 11.3 Å². The fraction of sp³-hybridized carbons (Fsp3) is 0.261. The topological polar surface area (TPSA) is 119 Å². The monoisotopic (exact) mass is 467 g/mol. The quantitative estimate of drug-likeness (QED) is 0.410. The summed E-state index contributed by atoms with van der Waals surface area (Å²) in [5, 5.41) is 4.43. The van der Waals surface area contributed by atoms with Gasteiger partial charge in [-0.05, 0) is 43.7 Å². The lowest BCUT2D eigenvalue weighted by Gasteiger charge is -2.13. The van der Waals surface area contributed by atoms with Gasteiger partial charge in [0.05, 0.1) is 22.8 Å². The molecule has 33 heavy (non-hydrogen) atoms. The van der Waals surface area contributed by atoms with Crippen LogP contribution in [0.4, 0.5) is 5.69 Å². The zero-order valence-electron chi connectivity index (χ0n) is 18.6. The van der Waals surface area contributed by atoms with Crippen molar-refractivity contribution in [2.24, 2.45) is 7.05 Å². The number of fused-ring (bicyclic) bond motifs is 1. The fourth-order valence-electron chi connectivity index (χ4n) is 3.64. The van der Waals surface area contributed by atoms with Crippen molar-refractivity contribution in [2.45, 2.75) is 31.6 Å². The summed E-state index contributed by atoms with van der Waals surface area (Å²) in [6.07, 6.45) is 1.51. The SMILES string of the molecule is CCCc1nn(C)c2c(=O)[nH]c(-c3cc(S(=O)(=O)Nc4ccccc4)ccc3OCC)nc12. The maximum atomic E-state index is 13.0. The van der Waals surface area contributed by atoms with Crippen molar-refractivity contribution in [3.8, 4) is 17.1 Å². The zero-order valence-corrected chi connectivity index (χ0v) is 19.4. The predicted molar refractivity (Wildman–Crippen MR) is 127 cm³/mol. The molecule has 2 aromatic heterocycles. The minimum absolute atomic E-state index is 0.0209. The third-order valence-corrected chi connectivity index (χ3v) is 6.47. The van der Waals surface area contributed by atoms with Gasteiger partial charge in [0, 0.05) is 12.7 Å². The average Bonchev–Trinajstić information content (AvgIpc) is 3.10. The number of hydrogen-bond acceptors (Lipinski definition) is 6.